The maximum Gasteiger partial charge on any atom is 0.223 e. The normalized spacial score (nSPS) is 21.3. The van der Waals surface area contributed by atoms with Crippen molar-refractivity contribution in [2.24, 2.45) is 11.7 Å². The molecule has 1 aliphatic rings. The van der Waals surface area contributed by atoms with E-state index in [9.17, 15) is 4.79 Å². The third-order valence-corrected chi connectivity index (χ3v) is 4.02. The number of hydrogen-bond acceptors (Lipinski definition) is 3. The van der Waals surface area contributed by atoms with Crippen molar-refractivity contribution >= 4 is 18.3 Å². The molecule has 0 aliphatic heterocycles. The fourth-order valence-corrected chi connectivity index (χ4v) is 2.77. The summed E-state index contributed by atoms with van der Waals surface area (Å²) in [4.78, 5) is 12.1. The van der Waals surface area contributed by atoms with E-state index in [1.54, 1.807) is 7.11 Å². The van der Waals surface area contributed by atoms with Gasteiger partial charge in [-0.2, -0.15) is 0 Å². The predicted molar refractivity (Wildman–Crippen MR) is 86.8 cm³/mol. The van der Waals surface area contributed by atoms with E-state index in [-0.39, 0.29) is 30.3 Å². The first-order valence-electron chi connectivity index (χ1n) is 7.27. The molecule has 1 aromatic rings. The number of nitrogens with one attached hydrogen (secondary N) is 1. The fourth-order valence-electron chi connectivity index (χ4n) is 2.77. The zero-order chi connectivity index (χ0) is 14.5. The minimum Gasteiger partial charge on any atom is -0.496 e. The average molecular weight is 313 g/mol. The number of carbonyl (C=O) groups excluding carboxylic acids is 1. The molecule has 21 heavy (non-hydrogen) atoms. The van der Waals surface area contributed by atoms with Gasteiger partial charge < -0.3 is 15.8 Å². The third kappa shape index (κ3) is 4.90. The fraction of sp³-hybridized carbons (Fsp3) is 0.562. The number of hydrogen-bond donors (Lipinski definition) is 2. The number of amides is 1. The number of aryl methyl sites for hydroxylation is 1. The molecule has 0 radical (unpaired) electrons. The van der Waals surface area contributed by atoms with Crippen molar-refractivity contribution in [3.63, 3.8) is 0 Å². The number of rotatable bonds is 4. The highest BCUT2D eigenvalue weighted by Crippen LogP contribution is 2.23. The van der Waals surface area contributed by atoms with E-state index in [2.05, 4.69) is 5.32 Å². The highest BCUT2D eigenvalue weighted by molar-refractivity contribution is 5.85. The van der Waals surface area contributed by atoms with Crippen LogP contribution >= 0.6 is 12.4 Å². The first-order valence-corrected chi connectivity index (χ1v) is 7.27. The van der Waals surface area contributed by atoms with Crippen molar-refractivity contribution in [3.05, 3.63) is 29.3 Å². The summed E-state index contributed by atoms with van der Waals surface area (Å²) in [6.45, 7) is 2.55. The molecule has 2 rings (SSSR count). The summed E-state index contributed by atoms with van der Waals surface area (Å²) < 4.78 is 5.29. The molecule has 1 aliphatic carbocycles. The summed E-state index contributed by atoms with van der Waals surface area (Å²) in [7, 11) is 1.66. The van der Waals surface area contributed by atoms with Gasteiger partial charge in [0.05, 0.1) is 7.11 Å². The average Bonchev–Trinajstić information content (AvgIpc) is 2.46. The summed E-state index contributed by atoms with van der Waals surface area (Å²) in [6, 6.07) is 6.18. The van der Waals surface area contributed by atoms with Crippen LogP contribution in [0, 0.1) is 12.8 Å². The van der Waals surface area contributed by atoms with Crippen LogP contribution < -0.4 is 15.8 Å². The number of nitrogens with two attached hydrogens (primary N) is 1. The second-order valence-electron chi connectivity index (χ2n) is 5.65. The molecule has 2 atom stereocenters. The maximum atomic E-state index is 12.1. The lowest BCUT2D eigenvalue weighted by Crippen LogP contribution is -2.37. The molecule has 0 heterocycles. The summed E-state index contributed by atoms with van der Waals surface area (Å²) in [5.41, 5.74) is 8.08. The van der Waals surface area contributed by atoms with Crippen LogP contribution in [0.4, 0.5) is 0 Å². The standard InChI is InChI=1S/C16H24N2O2.ClH/c1-11-6-7-12(8-15(11)20-2)10-18-16(19)13-4-3-5-14(17)9-13;/h6-8,13-14H,3-5,9-10,17H2,1-2H3,(H,18,19);1H. The van der Waals surface area contributed by atoms with E-state index in [1.165, 1.54) is 0 Å². The van der Waals surface area contributed by atoms with Crippen LogP contribution in [0.2, 0.25) is 0 Å². The third-order valence-electron chi connectivity index (χ3n) is 4.02. The van der Waals surface area contributed by atoms with Crippen LogP contribution in [0.25, 0.3) is 0 Å². The van der Waals surface area contributed by atoms with E-state index in [0.29, 0.717) is 6.54 Å². The number of ether oxygens (including phenoxy) is 1. The molecule has 0 bridgehead atoms. The summed E-state index contributed by atoms with van der Waals surface area (Å²) in [5, 5.41) is 3.01. The topological polar surface area (TPSA) is 64.3 Å². The van der Waals surface area contributed by atoms with Crippen LogP contribution in [0.15, 0.2) is 18.2 Å². The zero-order valence-electron chi connectivity index (χ0n) is 12.7. The van der Waals surface area contributed by atoms with E-state index in [4.69, 9.17) is 10.5 Å². The first kappa shape index (κ1) is 17.8. The van der Waals surface area contributed by atoms with Crippen LogP contribution in [-0.4, -0.2) is 19.1 Å². The molecule has 5 heteroatoms. The molecule has 4 nitrogen and oxygen atoms in total. The van der Waals surface area contributed by atoms with E-state index < -0.39 is 0 Å². The SMILES string of the molecule is COc1cc(CNC(=O)C2CCCC(N)C2)ccc1C.Cl. The summed E-state index contributed by atoms with van der Waals surface area (Å²) >= 11 is 0. The van der Waals surface area contributed by atoms with E-state index in [1.807, 2.05) is 25.1 Å². The minimum atomic E-state index is 0. The Morgan fingerprint density at radius 1 is 1.43 bits per heavy atom. The van der Waals surface area contributed by atoms with E-state index in [0.717, 1.165) is 42.6 Å². The Kier molecular flexibility index (Phi) is 6.99. The second-order valence-corrected chi connectivity index (χ2v) is 5.65. The van der Waals surface area contributed by atoms with Crippen molar-refractivity contribution in [2.75, 3.05) is 7.11 Å². The zero-order valence-corrected chi connectivity index (χ0v) is 13.5. The lowest BCUT2D eigenvalue weighted by Gasteiger charge is -2.25. The summed E-state index contributed by atoms with van der Waals surface area (Å²) in [6.07, 6.45) is 3.86. The van der Waals surface area contributed by atoms with Crippen LogP contribution in [0.3, 0.4) is 0 Å². The molecule has 0 saturated heterocycles. The molecule has 118 valence electrons. The van der Waals surface area contributed by atoms with Gasteiger partial charge in [-0.05, 0) is 43.4 Å². The molecule has 0 aromatic heterocycles. The van der Waals surface area contributed by atoms with Gasteiger partial charge in [0.2, 0.25) is 5.91 Å². The Morgan fingerprint density at radius 3 is 2.86 bits per heavy atom. The van der Waals surface area contributed by atoms with Crippen molar-refractivity contribution in [2.45, 2.75) is 45.2 Å². The highest BCUT2D eigenvalue weighted by Gasteiger charge is 2.24. The van der Waals surface area contributed by atoms with Crippen molar-refractivity contribution in [3.8, 4) is 5.75 Å². The number of methoxy groups -OCH3 is 1. The molecule has 1 fully saturated rings. The quantitative estimate of drug-likeness (QED) is 0.898. The monoisotopic (exact) mass is 312 g/mol. The van der Waals surface area contributed by atoms with Gasteiger partial charge in [0.1, 0.15) is 5.75 Å². The second kappa shape index (κ2) is 8.25. The predicted octanol–water partition coefficient (Wildman–Crippen LogP) is 2.56. The Morgan fingerprint density at radius 2 is 2.19 bits per heavy atom. The van der Waals surface area contributed by atoms with E-state index >= 15 is 0 Å². The lowest BCUT2D eigenvalue weighted by atomic mass is 9.85. The molecule has 2 unspecified atom stereocenters. The number of halogens is 1. The molecule has 1 amide bonds. The van der Waals surface area contributed by atoms with Crippen LogP contribution in [0.1, 0.15) is 36.8 Å². The number of benzene rings is 1. The summed E-state index contributed by atoms with van der Waals surface area (Å²) in [5.74, 6) is 1.06. The Labute approximate surface area is 132 Å². The van der Waals surface area contributed by atoms with Gasteiger partial charge in [0.15, 0.2) is 0 Å². The molecule has 1 aromatic carbocycles. The Bertz CT molecular complexity index is 479. The number of carbonyl (C=O) groups is 1. The van der Waals surface area contributed by atoms with Gasteiger partial charge in [-0.25, -0.2) is 0 Å². The highest BCUT2D eigenvalue weighted by atomic mass is 35.5. The maximum absolute atomic E-state index is 12.1. The Balaban J connectivity index is 0.00000220. The molecular formula is C16H25ClN2O2. The smallest absolute Gasteiger partial charge is 0.223 e. The molecule has 3 N–H and O–H groups in total. The largest absolute Gasteiger partial charge is 0.496 e. The van der Waals surface area contributed by atoms with Crippen molar-refractivity contribution in [1.29, 1.82) is 0 Å². The van der Waals surface area contributed by atoms with Gasteiger partial charge in [-0.3, -0.25) is 4.79 Å². The first-order chi connectivity index (χ1) is 9.60. The van der Waals surface area contributed by atoms with Gasteiger partial charge >= 0.3 is 0 Å². The molecule has 0 spiro atoms. The molecular weight excluding hydrogens is 288 g/mol. The molecule has 1 saturated carbocycles. The van der Waals surface area contributed by atoms with Gasteiger partial charge in [0, 0.05) is 18.5 Å². The Hall–Kier alpha value is -1.26. The van der Waals surface area contributed by atoms with Gasteiger partial charge in [0.25, 0.3) is 0 Å². The van der Waals surface area contributed by atoms with Crippen LogP contribution in [-0.2, 0) is 11.3 Å². The van der Waals surface area contributed by atoms with Crippen molar-refractivity contribution in [1.82, 2.24) is 5.32 Å². The van der Waals surface area contributed by atoms with Crippen LogP contribution in [0.5, 0.6) is 5.75 Å². The lowest BCUT2D eigenvalue weighted by molar-refractivity contribution is -0.126. The van der Waals surface area contributed by atoms with Gasteiger partial charge in [-0.15, -0.1) is 12.4 Å². The van der Waals surface area contributed by atoms with Crippen molar-refractivity contribution < 1.29 is 9.53 Å². The minimum absolute atomic E-state index is 0. The van der Waals surface area contributed by atoms with Gasteiger partial charge in [-0.1, -0.05) is 18.6 Å².